The first-order valence-electron chi connectivity index (χ1n) is 7.56. The number of hydrogen-bond donors (Lipinski definition) is 2. The summed E-state index contributed by atoms with van der Waals surface area (Å²) in [5.74, 6) is 1.30. The number of anilines is 2. The van der Waals surface area contributed by atoms with Crippen LogP contribution in [-0.2, 0) is 6.54 Å². The van der Waals surface area contributed by atoms with Crippen molar-refractivity contribution < 1.29 is 9.53 Å². The molecule has 3 rings (SSSR count). The molecule has 0 saturated carbocycles. The minimum atomic E-state index is -0.262. The number of aryl methyl sites for hydroxylation is 1. The summed E-state index contributed by atoms with van der Waals surface area (Å²) < 4.78 is 5.26. The molecule has 1 aromatic carbocycles. The van der Waals surface area contributed by atoms with Crippen LogP contribution in [0.5, 0.6) is 5.75 Å². The van der Waals surface area contributed by atoms with Crippen LogP contribution in [0.15, 0.2) is 42.0 Å². The number of pyridine rings is 1. The molecule has 0 aliphatic heterocycles. The highest BCUT2D eigenvalue weighted by Gasteiger charge is 2.08. The quantitative estimate of drug-likeness (QED) is 0.706. The van der Waals surface area contributed by atoms with Crippen LogP contribution in [0.1, 0.15) is 21.5 Å². The summed E-state index contributed by atoms with van der Waals surface area (Å²) in [7, 11) is 1.66. The normalized spacial score (nSPS) is 10.3. The first-order valence-corrected chi connectivity index (χ1v) is 8.44. The van der Waals surface area contributed by atoms with Crippen molar-refractivity contribution in [1.29, 1.82) is 0 Å². The molecule has 0 aliphatic carbocycles. The van der Waals surface area contributed by atoms with E-state index in [9.17, 15) is 4.79 Å². The lowest BCUT2D eigenvalue weighted by Crippen LogP contribution is -2.12. The van der Waals surface area contributed by atoms with E-state index in [1.54, 1.807) is 24.8 Å². The molecule has 0 unspecified atom stereocenters. The maximum atomic E-state index is 12.1. The molecule has 128 valence electrons. The van der Waals surface area contributed by atoms with Crippen molar-refractivity contribution in [3.63, 3.8) is 0 Å². The Balaban J connectivity index is 1.59. The van der Waals surface area contributed by atoms with E-state index in [0.29, 0.717) is 23.1 Å². The molecule has 25 heavy (non-hydrogen) atoms. The number of nitrogens with zero attached hydrogens (tertiary/aromatic N) is 3. The second kappa shape index (κ2) is 7.71. The summed E-state index contributed by atoms with van der Waals surface area (Å²) in [6.07, 6.45) is 1.53. The lowest BCUT2D eigenvalue weighted by Gasteiger charge is -2.09. The van der Waals surface area contributed by atoms with Crippen molar-refractivity contribution in [2.24, 2.45) is 0 Å². The number of ether oxygens (including phenoxy) is 1. The van der Waals surface area contributed by atoms with Gasteiger partial charge in [0.05, 0.1) is 12.7 Å². The Labute approximate surface area is 149 Å². The summed E-state index contributed by atoms with van der Waals surface area (Å²) >= 11 is 1.26. The van der Waals surface area contributed by atoms with Crippen LogP contribution in [0.3, 0.4) is 0 Å². The molecule has 2 aromatic heterocycles. The van der Waals surface area contributed by atoms with Crippen molar-refractivity contribution in [3.05, 3.63) is 58.7 Å². The standard InChI is InChI=1S/C17H17N5O2S/c1-11-7-12(3-5-14(11)24-2)8-18-15-6-4-13(9-19-15)16(23)21-17-22-20-10-25-17/h3-7,9-10H,8H2,1-2H3,(H,18,19)(H,21,22,23). The summed E-state index contributed by atoms with van der Waals surface area (Å²) in [6, 6.07) is 9.50. The minimum absolute atomic E-state index is 0.262. The maximum absolute atomic E-state index is 12.1. The van der Waals surface area contributed by atoms with Crippen LogP contribution < -0.4 is 15.4 Å². The fraction of sp³-hybridized carbons (Fsp3) is 0.176. The first kappa shape index (κ1) is 16.8. The number of amides is 1. The van der Waals surface area contributed by atoms with E-state index in [1.807, 2.05) is 19.1 Å². The molecule has 0 fully saturated rings. The number of methoxy groups -OCH3 is 1. The van der Waals surface area contributed by atoms with Gasteiger partial charge in [0, 0.05) is 12.7 Å². The Bertz CT molecular complexity index is 850. The second-order valence-electron chi connectivity index (χ2n) is 5.29. The number of carbonyl (C=O) groups excluding carboxylic acids is 1. The van der Waals surface area contributed by atoms with Gasteiger partial charge in [-0.1, -0.05) is 23.5 Å². The van der Waals surface area contributed by atoms with Gasteiger partial charge in [0.25, 0.3) is 5.91 Å². The lowest BCUT2D eigenvalue weighted by molar-refractivity contribution is 0.102. The Kier molecular flexibility index (Phi) is 5.20. The topological polar surface area (TPSA) is 89.0 Å². The zero-order valence-corrected chi connectivity index (χ0v) is 14.6. The van der Waals surface area contributed by atoms with Gasteiger partial charge in [-0.15, -0.1) is 10.2 Å². The first-order chi connectivity index (χ1) is 12.2. The summed E-state index contributed by atoms with van der Waals surface area (Å²) in [6.45, 7) is 2.64. The zero-order valence-electron chi connectivity index (χ0n) is 13.8. The molecule has 0 aliphatic rings. The van der Waals surface area contributed by atoms with Crippen LogP contribution in [0.25, 0.3) is 0 Å². The van der Waals surface area contributed by atoms with E-state index in [1.165, 1.54) is 17.5 Å². The Morgan fingerprint density at radius 1 is 1.28 bits per heavy atom. The molecule has 2 N–H and O–H groups in total. The van der Waals surface area contributed by atoms with Gasteiger partial charge in [0.2, 0.25) is 5.13 Å². The second-order valence-corrected chi connectivity index (χ2v) is 6.12. The van der Waals surface area contributed by atoms with E-state index in [4.69, 9.17) is 4.74 Å². The molecule has 2 heterocycles. The molecule has 0 bridgehead atoms. The van der Waals surface area contributed by atoms with E-state index in [2.05, 4.69) is 31.9 Å². The molecule has 8 heteroatoms. The third-order valence-electron chi connectivity index (χ3n) is 3.54. The molecular formula is C17H17N5O2S. The molecule has 7 nitrogen and oxygen atoms in total. The Hall–Kier alpha value is -3.00. The Morgan fingerprint density at radius 2 is 2.16 bits per heavy atom. The molecule has 3 aromatic rings. The van der Waals surface area contributed by atoms with Crippen LogP contribution in [0.2, 0.25) is 0 Å². The molecule has 0 saturated heterocycles. The third-order valence-corrected chi connectivity index (χ3v) is 4.15. The van der Waals surface area contributed by atoms with Gasteiger partial charge in [0.15, 0.2) is 0 Å². The van der Waals surface area contributed by atoms with Crippen molar-refractivity contribution >= 4 is 28.2 Å². The van der Waals surface area contributed by atoms with Gasteiger partial charge in [-0.2, -0.15) is 0 Å². The molecule has 0 atom stereocenters. The summed E-state index contributed by atoms with van der Waals surface area (Å²) in [4.78, 5) is 16.3. The van der Waals surface area contributed by atoms with Gasteiger partial charge in [-0.25, -0.2) is 4.98 Å². The van der Waals surface area contributed by atoms with Crippen LogP contribution in [-0.4, -0.2) is 28.2 Å². The SMILES string of the molecule is COc1ccc(CNc2ccc(C(=O)Nc3nncs3)cn2)cc1C. The van der Waals surface area contributed by atoms with Crippen LogP contribution in [0.4, 0.5) is 10.9 Å². The van der Waals surface area contributed by atoms with E-state index in [0.717, 1.165) is 16.9 Å². The van der Waals surface area contributed by atoms with Crippen molar-refractivity contribution in [1.82, 2.24) is 15.2 Å². The minimum Gasteiger partial charge on any atom is -0.496 e. The number of carbonyl (C=O) groups is 1. The monoisotopic (exact) mass is 355 g/mol. The summed E-state index contributed by atoms with van der Waals surface area (Å²) in [5, 5.41) is 13.8. The van der Waals surface area contributed by atoms with Crippen LogP contribution in [0, 0.1) is 6.92 Å². The highest BCUT2D eigenvalue weighted by molar-refractivity contribution is 7.13. The van der Waals surface area contributed by atoms with Crippen LogP contribution >= 0.6 is 11.3 Å². The number of nitrogens with one attached hydrogen (secondary N) is 2. The van der Waals surface area contributed by atoms with Crippen molar-refractivity contribution in [2.75, 3.05) is 17.7 Å². The van der Waals surface area contributed by atoms with E-state index in [-0.39, 0.29) is 5.91 Å². The van der Waals surface area contributed by atoms with Gasteiger partial charge in [-0.05, 0) is 36.2 Å². The lowest BCUT2D eigenvalue weighted by atomic mass is 10.1. The molecular weight excluding hydrogens is 338 g/mol. The fourth-order valence-corrected chi connectivity index (χ4v) is 2.71. The van der Waals surface area contributed by atoms with Gasteiger partial charge in [-0.3, -0.25) is 10.1 Å². The van der Waals surface area contributed by atoms with E-state index < -0.39 is 0 Å². The van der Waals surface area contributed by atoms with Gasteiger partial charge in [0.1, 0.15) is 17.1 Å². The third kappa shape index (κ3) is 4.30. The smallest absolute Gasteiger partial charge is 0.259 e. The van der Waals surface area contributed by atoms with Crippen molar-refractivity contribution in [2.45, 2.75) is 13.5 Å². The highest BCUT2D eigenvalue weighted by Crippen LogP contribution is 2.19. The summed E-state index contributed by atoms with van der Waals surface area (Å²) in [5.41, 5.74) is 4.22. The number of benzene rings is 1. The predicted molar refractivity (Wildman–Crippen MR) is 97.2 cm³/mol. The fourth-order valence-electron chi connectivity index (χ4n) is 2.27. The Morgan fingerprint density at radius 3 is 2.80 bits per heavy atom. The number of rotatable bonds is 6. The number of hydrogen-bond acceptors (Lipinski definition) is 7. The molecule has 1 amide bonds. The maximum Gasteiger partial charge on any atom is 0.259 e. The van der Waals surface area contributed by atoms with E-state index >= 15 is 0 Å². The van der Waals surface area contributed by atoms with Gasteiger partial charge < -0.3 is 10.1 Å². The zero-order chi connectivity index (χ0) is 17.6. The average Bonchev–Trinajstić information content (AvgIpc) is 3.13. The average molecular weight is 355 g/mol. The van der Waals surface area contributed by atoms with Gasteiger partial charge >= 0.3 is 0 Å². The highest BCUT2D eigenvalue weighted by atomic mass is 32.1. The largest absolute Gasteiger partial charge is 0.496 e. The molecule has 0 radical (unpaired) electrons. The predicted octanol–water partition coefficient (Wildman–Crippen LogP) is 3.11. The molecule has 0 spiro atoms. The van der Waals surface area contributed by atoms with Crippen molar-refractivity contribution in [3.8, 4) is 5.75 Å². The number of aromatic nitrogens is 3.